The lowest BCUT2D eigenvalue weighted by molar-refractivity contribution is 0.868. The van der Waals surface area contributed by atoms with Crippen LogP contribution in [0.1, 0.15) is 5.56 Å². The topological polar surface area (TPSA) is 69.9 Å². The van der Waals surface area contributed by atoms with Crippen LogP contribution in [0.25, 0.3) is 5.69 Å². The zero-order valence-corrected chi connectivity index (χ0v) is 7.72. The summed E-state index contributed by atoms with van der Waals surface area (Å²) in [4.78, 5) is 0. The van der Waals surface area contributed by atoms with Crippen LogP contribution in [0.15, 0.2) is 36.5 Å². The maximum Gasteiger partial charge on any atom is 0.127 e. The Kier molecular flexibility index (Phi) is 2.20. The third-order valence-corrected chi connectivity index (χ3v) is 2.11. The van der Waals surface area contributed by atoms with E-state index < -0.39 is 0 Å². The Bertz CT molecular complexity index is 433. The molecule has 0 aliphatic rings. The summed E-state index contributed by atoms with van der Waals surface area (Å²) >= 11 is 0. The predicted molar refractivity (Wildman–Crippen MR) is 55.9 cm³/mol. The Morgan fingerprint density at radius 3 is 2.64 bits per heavy atom. The second-order valence-corrected chi connectivity index (χ2v) is 3.00. The molecule has 0 atom stereocenters. The van der Waals surface area contributed by atoms with Crippen LogP contribution < -0.4 is 11.5 Å². The van der Waals surface area contributed by atoms with Crippen molar-refractivity contribution in [2.75, 3.05) is 5.73 Å². The van der Waals surface area contributed by atoms with Gasteiger partial charge in [0.05, 0.1) is 11.9 Å². The van der Waals surface area contributed by atoms with E-state index in [9.17, 15) is 0 Å². The van der Waals surface area contributed by atoms with Gasteiger partial charge in [0.25, 0.3) is 0 Å². The fraction of sp³-hybridized carbons (Fsp3) is 0.100. The number of hydrogen-bond acceptors (Lipinski definition) is 3. The molecule has 0 unspecified atom stereocenters. The van der Waals surface area contributed by atoms with Crippen LogP contribution in [0.5, 0.6) is 0 Å². The number of nitrogens with zero attached hydrogens (tertiary/aromatic N) is 2. The standard InChI is InChI=1S/C10H12N4/c11-7-8-3-1-2-4-9(8)14-10(12)5-6-13-14/h1-6H,7,11-12H2. The van der Waals surface area contributed by atoms with Crippen molar-refractivity contribution in [1.29, 1.82) is 0 Å². The zero-order valence-electron chi connectivity index (χ0n) is 7.72. The predicted octanol–water partition coefficient (Wildman–Crippen LogP) is 0.913. The summed E-state index contributed by atoms with van der Waals surface area (Å²) in [7, 11) is 0. The third-order valence-electron chi connectivity index (χ3n) is 2.11. The summed E-state index contributed by atoms with van der Waals surface area (Å²) < 4.78 is 1.68. The van der Waals surface area contributed by atoms with Crippen LogP contribution in [-0.2, 0) is 6.54 Å². The van der Waals surface area contributed by atoms with Crippen LogP contribution in [0.3, 0.4) is 0 Å². The molecule has 0 saturated carbocycles. The molecule has 0 spiro atoms. The van der Waals surface area contributed by atoms with Crippen molar-refractivity contribution in [1.82, 2.24) is 9.78 Å². The van der Waals surface area contributed by atoms with Gasteiger partial charge in [-0.2, -0.15) is 5.10 Å². The van der Waals surface area contributed by atoms with Gasteiger partial charge in [0, 0.05) is 12.6 Å². The van der Waals surface area contributed by atoms with E-state index in [4.69, 9.17) is 11.5 Å². The number of nitrogens with two attached hydrogens (primary N) is 2. The Labute approximate surface area is 82.1 Å². The molecule has 1 aromatic carbocycles. The highest BCUT2D eigenvalue weighted by Crippen LogP contribution is 2.16. The molecule has 2 rings (SSSR count). The lowest BCUT2D eigenvalue weighted by Crippen LogP contribution is -2.07. The van der Waals surface area contributed by atoms with Crippen molar-refractivity contribution < 1.29 is 0 Å². The molecule has 1 aromatic heterocycles. The average molecular weight is 188 g/mol. The first-order chi connectivity index (χ1) is 6.83. The van der Waals surface area contributed by atoms with E-state index in [-0.39, 0.29) is 0 Å². The molecule has 4 heteroatoms. The largest absolute Gasteiger partial charge is 0.384 e. The van der Waals surface area contributed by atoms with Crippen LogP contribution in [0, 0.1) is 0 Å². The van der Waals surface area contributed by atoms with E-state index in [1.54, 1.807) is 16.9 Å². The first kappa shape index (κ1) is 8.77. The fourth-order valence-electron chi connectivity index (χ4n) is 1.40. The highest BCUT2D eigenvalue weighted by molar-refractivity contribution is 5.46. The lowest BCUT2D eigenvalue weighted by atomic mass is 10.2. The minimum Gasteiger partial charge on any atom is -0.384 e. The van der Waals surface area contributed by atoms with Crippen molar-refractivity contribution in [3.05, 3.63) is 42.1 Å². The van der Waals surface area contributed by atoms with Gasteiger partial charge in [-0.15, -0.1) is 0 Å². The van der Waals surface area contributed by atoms with Crippen LogP contribution in [0.2, 0.25) is 0 Å². The number of nitrogen functional groups attached to an aromatic ring is 1. The van der Waals surface area contributed by atoms with Crippen molar-refractivity contribution in [2.45, 2.75) is 6.54 Å². The minimum absolute atomic E-state index is 0.482. The summed E-state index contributed by atoms with van der Waals surface area (Å²) in [6.45, 7) is 0.482. The number of aromatic nitrogens is 2. The molecule has 2 aromatic rings. The smallest absolute Gasteiger partial charge is 0.127 e. The van der Waals surface area contributed by atoms with E-state index in [2.05, 4.69) is 5.10 Å². The summed E-state index contributed by atoms with van der Waals surface area (Å²) in [5.41, 5.74) is 13.4. The van der Waals surface area contributed by atoms with Crippen molar-refractivity contribution in [2.24, 2.45) is 5.73 Å². The van der Waals surface area contributed by atoms with Crippen LogP contribution in [-0.4, -0.2) is 9.78 Å². The Hall–Kier alpha value is -1.81. The highest BCUT2D eigenvalue weighted by Gasteiger charge is 2.04. The Balaban J connectivity index is 2.56. The molecule has 1 heterocycles. The molecule has 0 aliphatic heterocycles. The van der Waals surface area contributed by atoms with Gasteiger partial charge in [0.1, 0.15) is 5.82 Å². The fourth-order valence-corrected chi connectivity index (χ4v) is 1.40. The average Bonchev–Trinajstić information content (AvgIpc) is 2.64. The van der Waals surface area contributed by atoms with Gasteiger partial charge in [0.2, 0.25) is 0 Å². The third kappa shape index (κ3) is 1.36. The van der Waals surface area contributed by atoms with E-state index in [1.807, 2.05) is 24.3 Å². The monoisotopic (exact) mass is 188 g/mol. The van der Waals surface area contributed by atoms with Crippen LogP contribution in [0.4, 0.5) is 5.82 Å². The van der Waals surface area contributed by atoms with Crippen molar-refractivity contribution in [3.63, 3.8) is 0 Å². The van der Waals surface area contributed by atoms with E-state index in [0.29, 0.717) is 12.4 Å². The minimum atomic E-state index is 0.482. The van der Waals surface area contributed by atoms with Gasteiger partial charge in [-0.1, -0.05) is 18.2 Å². The van der Waals surface area contributed by atoms with E-state index in [0.717, 1.165) is 11.3 Å². The molecule has 0 aliphatic carbocycles. The lowest BCUT2D eigenvalue weighted by Gasteiger charge is -2.08. The van der Waals surface area contributed by atoms with Crippen molar-refractivity contribution in [3.8, 4) is 5.69 Å². The Morgan fingerprint density at radius 2 is 2.00 bits per heavy atom. The van der Waals surface area contributed by atoms with Gasteiger partial charge >= 0.3 is 0 Å². The maximum absolute atomic E-state index is 5.76. The summed E-state index contributed by atoms with van der Waals surface area (Å²) in [5.74, 6) is 0.617. The number of anilines is 1. The normalized spacial score (nSPS) is 10.4. The molecule has 14 heavy (non-hydrogen) atoms. The van der Waals surface area contributed by atoms with E-state index in [1.165, 1.54) is 0 Å². The first-order valence-electron chi connectivity index (χ1n) is 4.41. The molecule has 0 saturated heterocycles. The van der Waals surface area contributed by atoms with Gasteiger partial charge in [-0.05, 0) is 11.6 Å². The van der Waals surface area contributed by atoms with Crippen molar-refractivity contribution >= 4 is 5.82 Å². The van der Waals surface area contributed by atoms with Crippen LogP contribution >= 0.6 is 0 Å². The second-order valence-electron chi connectivity index (χ2n) is 3.00. The Morgan fingerprint density at radius 1 is 1.21 bits per heavy atom. The summed E-state index contributed by atoms with van der Waals surface area (Å²) in [6, 6.07) is 9.57. The second kappa shape index (κ2) is 3.51. The van der Waals surface area contributed by atoms with E-state index >= 15 is 0 Å². The molecule has 0 fully saturated rings. The quantitative estimate of drug-likeness (QED) is 0.736. The van der Waals surface area contributed by atoms with Gasteiger partial charge in [-0.25, -0.2) is 4.68 Å². The molecule has 4 nitrogen and oxygen atoms in total. The summed E-state index contributed by atoms with van der Waals surface area (Å²) in [5, 5.41) is 4.13. The number of hydrogen-bond donors (Lipinski definition) is 2. The number of para-hydroxylation sites is 1. The van der Waals surface area contributed by atoms with Gasteiger partial charge in [0.15, 0.2) is 0 Å². The molecule has 0 radical (unpaired) electrons. The maximum atomic E-state index is 5.76. The molecule has 4 N–H and O–H groups in total. The van der Waals surface area contributed by atoms with Gasteiger partial charge in [-0.3, -0.25) is 0 Å². The first-order valence-corrected chi connectivity index (χ1v) is 4.41. The number of rotatable bonds is 2. The molecule has 72 valence electrons. The zero-order chi connectivity index (χ0) is 9.97. The highest BCUT2D eigenvalue weighted by atomic mass is 15.3. The molecule has 0 bridgehead atoms. The van der Waals surface area contributed by atoms with Gasteiger partial charge < -0.3 is 11.5 Å². The SMILES string of the molecule is NCc1ccccc1-n1nccc1N. The number of benzene rings is 1. The molecule has 0 amide bonds. The molecular formula is C10H12N4. The summed E-state index contributed by atoms with van der Waals surface area (Å²) in [6.07, 6.45) is 1.67. The molecular weight excluding hydrogens is 176 g/mol.